The Hall–Kier alpha value is -4.17. The molecule has 7 nitrogen and oxygen atoms in total. The molecule has 224 valence electrons. The third-order valence-corrected chi connectivity index (χ3v) is 9.99. The Kier molecular flexibility index (Phi) is 9.46. The van der Waals surface area contributed by atoms with Gasteiger partial charge in [-0.05, 0) is 54.0 Å². The lowest BCUT2D eigenvalue weighted by Crippen LogP contribution is -2.50. The van der Waals surface area contributed by atoms with Crippen molar-refractivity contribution in [3.8, 4) is 0 Å². The average molecular weight is 598 g/mol. The zero-order chi connectivity index (χ0) is 30.4. The summed E-state index contributed by atoms with van der Waals surface area (Å²) in [5.41, 5.74) is 3.63. The summed E-state index contributed by atoms with van der Waals surface area (Å²) < 4.78 is 28.3. The number of aryl methyl sites for hydroxylation is 1. The molecule has 0 saturated heterocycles. The van der Waals surface area contributed by atoms with Crippen molar-refractivity contribution in [1.82, 2.24) is 10.2 Å². The maximum Gasteiger partial charge on any atom is 0.265 e. The van der Waals surface area contributed by atoms with Crippen molar-refractivity contribution in [2.24, 2.45) is 0 Å². The molecule has 0 aliphatic carbocycles. The molecule has 0 spiro atoms. The van der Waals surface area contributed by atoms with Crippen molar-refractivity contribution in [3.63, 3.8) is 0 Å². The van der Waals surface area contributed by atoms with Crippen molar-refractivity contribution in [2.45, 2.75) is 63.4 Å². The Morgan fingerprint density at radius 1 is 0.884 bits per heavy atom. The third kappa shape index (κ3) is 6.59. The number of rotatable bonds is 13. The molecule has 8 heteroatoms. The summed E-state index contributed by atoms with van der Waals surface area (Å²) in [4.78, 5) is 29.7. The summed E-state index contributed by atoms with van der Waals surface area (Å²) in [5, 5.41) is 4.65. The number of anilines is 1. The van der Waals surface area contributed by atoms with Crippen molar-refractivity contribution >= 4 is 38.3 Å². The number of hydrogen-bond donors (Lipinski definition) is 1. The second kappa shape index (κ2) is 13.4. The van der Waals surface area contributed by atoms with E-state index in [0.717, 1.165) is 40.3 Å². The highest BCUT2D eigenvalue weighted by Gasteiger charge is 2.36. The van der Waals surface area contributed by atoms with Crippen molar-refractivity contribution < 1.29 is 18.0 Å². The largest absolute Gasteiger partial charge is 0.354 e. The molecule has 1 atom stereocenters. The standard InChI is InChI=1S/C35H39N3O4S/c1-3-4-22-36-35(40)31(24-27-14-6-5-7-15-27)37(25-29-16-9-8-13-26(29)2)33(39)21-12-23-38-30-19-10-17-28-18-11-20-32(34(28)30)43(38,41)42/h5-11,13-20,31H,3-4,12,21-25H2,1-2H3,(H,36,40)/t31-/m0/s1. The van der Waals surface area contributed by atoms with E-state index in [1.807, 2.05) is 85.8 Å². The zero-order valence-corrected chi connectivity index (χ0v) is 25.6. The van der Waals surface area contributed by atoms with Crippen LogP contribution in [0.15, 0.2) is 95.9 Å². The zero-order valence-electron chi connectivity index (χ0n) is 24.8. The Bertz CT molecular complexity index is 1700. The van der Waals surface area contributed by atoms with E-state index in [1.54, 1.807) is 17.0 Å². The Balaban J connectivity index is 1.39. The van der Waals surface area contributed by atoms with Crippen LogP contribution in [0.4, 0.5) is 5.69 Å². The molecule has 5 rings (SSSR count). The molecular formula is C35H39N3O4S. The highest BCUT2D eigenvalue weighted by Crippen LogP contribution is 2.42. The van der Waals surface area contributed by atoms with Crippen LogP contribution in [-0.2, 0) is 32.6 Å². The molecule has 0 fully saturated rings. The van der Waals surface area contributed by atoms with Gasteiger partial charge in [0.25, 0.3) is 10.0 Å². The Morgan fingerprint density at radius 3 is 2.35 bits per heavy atom. The molecule has 4 aromatic rings. The van der Waals surface area contributed by atoms with Crippen molar-refractivity contribution in [3.05, 3.63) is 108 Å². The van der Waals surface area contributed by atoms with E-state index in [9.17, 15) is 18.0 Å². The first kappa shape index (κ1) is 30.3. The average Bonchev–Trinajstić information content (AvgIpc) is 3.23. The lowest BCUT2D eigenvalue weighted by molar-refractivity contribution is -0.141. The Morgan fingerprint density at radius 2 is 1.60 bits per heavy atom. The summed E-state index contributed by atoms with van der Waals surface area (Å²) in [6, 6.07) is 27.8. The van der Waals surface area contributed by atoms with Gasteiger partial charge in [-0.2, -0.15) is 0 Å². The number of benzene rings is 4. The van der Waals surface area contributed by atoms with E-state index in [4.69, 9.17) is 0 Å². The first-order valence-corrected chi connectivity index (χ1v) is 16.5. The molecule has 0 aromatic heterocycles. The predicted molar refractivity (Wildman–Crippen MR) is 171 cm³/mol. The van der Waals surface area contributed by atoms with Crippen LogP contribution >= 0.6 is 0 Å². The second-order valence-corrected chi connectivity index (χ2v) is 12.9. The van der Waals surface area contributed by atoms with Crippen LogP contribution in [0.2, 0.25) is 0 Å². The maximum atomic E-state index is 14.0. The fraction of sp³-hybridized carbons (Fsp3) is 0.314. The highest BCUT2D eigenvalue weighted by molar-refractivity contribution is 7.93. The molecule has 0 bridgehead atoms. The van der Waals surface area contributed by atoms with Gasteiger partial charge in [0.2, 0.25) is 11.8 Å². The van der Waals surface area contributed by atoms with Crippen LogP contribution in [0.3, 0.4) is 0 Å². The van der Waals surface area contributed by atoms with Gasteiger partial charge >= 0.3 is 0 Å². The molecule has 0 radical (unpaired) electrons. The molecule has 1 aliphatic rings. The van der Waals surface area contributed by atoms with E-state index in [0.29, 0.717) is 30.0 Å². The fourth-order valence-electron chi connectivity index (χ4n) is 5.75. The first-order chi connectivity index (χ1) is 20.8. The molecule has 1 aliphatic heterocycles. The minimum absolute atomic E-state index is 0.109. The SMILES string of the molecule is CCCCNC(=O)[C@H](Cc1ccccc1)N(Cc1ccccc1C)C(=O)CCCN1c2cccc3cccc(c23)S1(=O)=O. The van der Waals surface area contributed by atoms with Gasteiger partial charge in [-0.3, -0.25) is 13.9 Å². The number of carbonyl (C=O) groups excluding carboxylic acids is 2. The van der Waals surface area contributed by atoms with E-state index in [-0.39, 0.29) is 31.3 Å². The number of hydrogen-bond acceptors (Lipinski definition) is 4. The summed E-state index contributed by atoms with van der Waals surface area (Å²) in [5.74, 6) is -0.356. The summed E-state index contributed by atoms with van der Waals surface area (Å²) in [6.45, 7) is 5.08. The molecule has 43 heavy (non-hydrogen) atoms. The van der Waals surface area contributed by atoms with Crippen LogP contribution in [0, 0.1) is 6.92 Å². The van der Waals surface area contributed by atoms with Crippen LogP contribution < -0.4 is 9.62 Å². The molecule has 1 N–H and O–H groups in total. The van der Waals surface area contributed by atoms with Gasteiger partial charge in [0, 0.05) is 37.9 Å². The van der Waals surface area contributed by atoms with Crippen LogP contribution in [0.5, 0.6) is 0 Å². The lowest BCUT2D eigenvalue weighted by atomic mass is 10.0. The quantitative estimate of drug-likeness (QED) is 0.192. The van der Waals surface area contributed by atoms with Gasteiger partial charge in [-0.25, -0.2) is 8.42 Å². The number of amides is 2. The normalized spacial score (nSPS) is 14.0. The van der Waals surface area contributed by atoms with Gasteiger partial charge in [-0.15, -0.1) is 0 Å². The first-order valence-electron chi connectivity index (χ1n) is 15.0. The number of nitrogens with zero attached hydrogens (tertiary/aromatic N) is 2. The summed E-state index contributed by atoms with van der Waals surface area (Å²) >= 11 is 0. The maximum absolute atomic E-state index is 14.0. The minimum Gasteiger partial charge on any atom is -0.354 e. The molecule has 2 amide bonds. The third-order valence-electron chi connectivity index (χ3n) is 8.14. The van der Waals surface area contributed by atoms with E-state index in [2.05, 4.69) is 12.2 Å². The number of sulfonamides is 1. The highest BCUT2D eigenvalue weighted by atomic mass is 32.2. The fourth-order valence-corrected chi connectivity index (χ4v) is 7.50. The van der Waals surface area contributed by atoms with E-state index in [1.165, 1.54) is 4.31 Å². The van der Waals surface area contributed by atoms with Gasteiger partial charge < -0.3 is 10.2 Å². The summed E-state index contributed by atoms with van der Waals surface area (Å²) in [7, 11) is -3.71. The number of carbonyl (C=O) groups is 2. The molecule has 0 unspecified atom stereocenters. The van der Waals surface area contributed by atoms with E-state index < -0.39 is 16.1 Å². The summed E-state index contributed by atoms with van der Waals surface area (Å²) in [6.07, 6.45) is 2.62. The van der Waals surface area contributed by atoms with Crippen molar-refractivity contribution in [2.75, 3.05) is 17.4 Å². The van der Waals surface area contributed by atoms with Crippen LogP contribution in [0.1, 0.15) is 49.3 Å². The number of unbranched alkanes of at least 4 members (excludes halogenated alkanes) is 1. The predicted octanol–water partition coefficient (Wildman–Crippen LogP) is 5.99. The van der Waals surface area contributed by atoms with Gasteiger partial charge in [-0.1, -0.05) is 92.2 Å². The molecular weight excluding hydrogens is 558 g/mol. The second-order valence-electron chi connectivity index (χ2n) is 11.1. The van der Waals surface area contributed by atoms with E-state index >= 15 is 0 Å². The van der Waals surface area contributed by atoms with Gasteiger partial charge in [0.15, 0.2) is 0 Å². The number of nitrogens with one attached hydrogen (secondary N) is 1. The smallest absolute Gasteiger partial charge is 0.265 e. The Labute approximate surface area is 254 Å². The molecule has 4 aromatic carbocycles. The molecule has 0 saturated carbocycles. The minimum atomic E-state index is -3.71. The topological polar surface area (TPSA) is 86.8 Å². The van der Waals surface area contributed by atoms with Gasteiger partial charge in [0.1, 0.15) is 6.04 Å². The monoisotopic (exact) mass is 597 g/mol. The van der Waals surface area contributed by atoms with Crippen molar-refractivity contribution in [1.29, 1.82) is 0 Å². The van der Waals surface area contributed by atoms with Gasteiger partial charge in [0.05, 0.1) is 10.6 Å². The van der Waals surface area contributed by atoms with Crippen LogP contribution in [0.25, 0.3) is 10.8 Å². The van der Waals surface area contributed by atoms with Crippen LogP contribution in [-0.4, -0.2) is 44.3 Å². The molecule has 1 heterocycles. The lowest BCUT2D eigenvalue weighted by Gasteiger charge is -2.32.